The first-order valence-electron chi connectivity index (χ1n) is 18.8. The smallest absolute Gasteiger partial charge is 0.164 e. The molecule has 3 aromatic heterocycles. The molecular weight excluding hydrogens is 685 g/mol. The van der Waals surface area contributed by atoms with Crippen molar-refractivity contribution in [3.8, 4) is 62.1 Å². The predicted octanol–water partition coefficient (Wildman–Crippen LogP) is 13.2. The molecule has 0 N–H and O–H groups in total. The molecular formula is C51H32N4O. The van der Waals surface area contributed by atoms with Gasteiger partial charge in [-0.3, -0.25) is 0 Å². The van der Waals surface area contributed by atoms with Crippen LogP contribution in [0.3, 0.4) is 0 Å². The fourth-order valence-corrected chi connectivity index (χ4v) is 8.01. The molecule has 11 aromatic rings. The molecule has 5 heteroatoms. The maximum Gasteiger partial charge on any atom is 0.164 e. The van der Waals surface area contributed by atoms with Gasteiger partial charge in [-0.25, -0.2) is 15.0 Å². The largest absolute Gasteiger partial charge is 0.456 e. The van der Waals surface area contributed by atoms with E-state index < -0.39 is 0 Å². The van der Waals surface area contributed by atoms with Crippen molar-refractivity contribution in [2.24, 2.45) is 0 Å². The molecule has 0 bridgehead atoms. The van der Waals surface area contributed by atoms with Gasteiger partial charge in [0.05, 0.1) is 11.0 Å². The van der Waals surface area contributed by atoms with Crippen LogP contribution in [-0.4, -0.2) is 19.5 Å². The summed E-state index contributed by atoms with van der Waals surface area (Å²) >= 11 is 0. The van der Waals surface area contributed by atoms with E-state index in [4.69, 9.17) is 19.4 Å². The van der Waals surface area contributed by atoms with E-state index in [9.17, 15) is 0 Å². The summed E-state index contributed by atoms with van der Waals surface area (Å²) in [7, 11) is 0. The lowest BCUT2D eigenvalue weighted by Crippen LogP contribution is -2.00. The topological polar surface area (TPSA) is 56.7 Å². The lowest BCUT2D eigenvalue weighted by atomic mass is 9.99. The van der Waals surface area contributed by atoms with Gasteiger partial charge in [0.1, 0.15) is 11.2 Å². The number of hydrogen-bond acceptors (Lipinski definition) is 4. The van der Waals surface area contributed by atoms with Gasteiger partial charge in [0.2, 0.25) is 0 Å². The van der Waals surface area contributed by atoms with Gasteiger partial charge >= 0.3 is 0 Å². The van der Waals surface area contributed by atoms with Crippen molar-refractivity contribution in [1.29, 1.82) is 0 Å². The second kappa shape index (κ2) is 13.0. The highest BCUT2D eigenvalue weighted by molar-refractivity contribution is 6.13. The number of furan rings is 1. The lowest BCUT2D eigenvalue weighted by molar-refractivity contribution is 0.669. The Balaban J connectivity index is 0.988. The van der Waals surface area contributed by atoms with Crippen molar-refractivity contribution in [3.05, 3.63) is 194 Å². The van der Waals surface area contributed by atoms with Crippen molar-refractivity contribution in [3.63, 3.8) is 0 Å². The summed E-state index contributed by atoms with van der Waals surface area (Å²) in [6, 6.07) is 67.6. The van der Waals surface area contributed by atoms with Gasteiger partial charge in [-0.1, -0.05) is 152 Å². The standard InChI is InChI=1S/C51H32N4O/c1-3-13-34(14-4-1)49-52-50(35-15-5-2-6-16-35)54-51(53-49)36-27-25-33(26-28-36)37-29-30-45-43(32-37)41-19-7-9-22-44(41)55(45)39-18-11-17-38(31-39)40-21-12-24-47-48(40)42-20-8-10-23-46(42)56-47/h1-32H. The summed E-state index contributed by atoms with van der Waals surface area (Å²) < 4.78 is 8.62. The van der Waals surface area contributed by atoms with Crippen LogP contribution in [0.5, 0.6) is 0 Å². The predicted molar refractivity (Wildman–Crippen MR) is 229 cm³/mol. The molecule has 0 amide bonds. The Hall–Kier alpha value is -7.63. The first-order valence-corrected chi connectivity index (χ1v) is 18.8. The van der Waals surface area contributed by atoms with Gasteiger partial charge in [0, 0.05) is 43.9 Å². The first-order chi connectivity index (χ1) is 27.7. The van der Waals surface area contributed by atoms with E-state index in [1.165, 1.54) is 10.8 Å². The minimum Gasteiger partial charge on any atom is -0.456 e. The summed E-state index contributed by atoms with van der Waals surface area (Å²) in [5.41, 5.74) is 12.6. The Bertz CT molecular complexity index is 3180. The number of aromatic nitrogens is 4. The van der Waals surface area contributed by atoms with Crippen molar-refractivity contribution >= 4 is 43.7 Å². The van der Waals surface area contributed by atoms with E-state index in [1.807, 2.05) is 72.8 Å². The fraction of sp³-hybridized carbons (Fsp3) is 0. The molecule has 0 saturated carbocycles. The molecule has 5 nitrogen and oxygen atoms in total. The third kappa shape index (κ3) is 5.37. The van der Waals surface area contributed by atoms with Crippen LogP contribution in [0, 0.1) is 0 Å². The summed E-state index contributed by atoms with van der Waals surface area (Å²) in [4.78, 5) is 14.7. The lowest BCUT2D eigenvalue weighted by Gasteiger charge is -2.11. The zero-order valence-electron chi connectivity index (χ0n) is 30.2. The van der Waals surface area contributed by atoms with E-state index in [-0.39, 0.29) is 0 Å². The molecule has 0 atom stereocenters. The van der Waals surface area contributed by atoms with E-state index >= 15 is 0 Å². The van der Waals surface area contributed by atoms with Gasteiger partial charge in [0.25, 0.3) is 0 Å². The highest BCUT2D eigenvalue weighted by Gasteiger charge is 2.17. The van der Waals surface area contributed by atoms with Gasteiger partial charge in [-0.2, -0.15) is 0 Å². The normalized spacial score (nSPS) is 11.6. The minimum atomic E-state index is 0.641. The Morgan fingerprint density at radius 1 is 0.339 bits per heavy atom. The van der Waals surface area contributed by atoms with Crippen LogP contribution < -0.4 is 0 Å². The van der Waals surface area contributed by atoms with Crippen molar-refractivity contribution < 1.29 is 4.42 Å². The quantitative estimate of drug-likeness (QED) is 0.172. The molecule has 0 spiro atoms. The Morgan fingerprint density at radius 2 is 0.875 bits per heavy atom. The molecule has 0 saturated heterocycles. The molecule has 56 heavy (non-hydrogen) atoms. The maximum absolute atomic E-state index is 6.24. The number of nitrogens with zero attached hydrogens (tertiary/aromatic N) is 4. The average Bonchev–Trinajstić information content (AvgIpc) is 3.83. The zero-order chi connectivity index (χ0) is 37.0. The van der Waals surface area contributed by atoms with Crippen molar-refractivity contribution in [2.75, 3.05) is 0 Å². The van der Waals surface area contributed by atoms with E-state index in [2.05, 4.69) is 126 Å². The van der Waals surface area contributed by atoms with Crippen LogP contribution in [0.2, 0.25) is 0 Å². The fourth-order valence-electron chi connectivity index (χ4n) is 8.01. The van der Waals surface area contributed by atoms with Crippen LogP contribution in [-0.2, 0) is 0 Å². The van der Waals surface area contributed by atoms with E-state index in [0.29, 0.717) is 17.5 Å². The van der Waals surface area contributed by atoms with Crippen LogP contribution in [0.25, 0.3) is 106 Å². The SMILES string of the molecule is c1ccc(-c2nc(-c3ccccc3)nc(-c3ccc(-c4ccc5c(c4)c4ccccc4n5-c4cccc(-c5cccc6oc7ccccc7c56)c4)cc3)n2)cc1. The average molecular weight is 717 g/mol. The second-order valence-electron chi connectivity index (χ2n) is 14.0. The zero-order valence-corrected chi connectivity index (χ0v) is 30.2. The summed E-state index contributed by atoms with van der Waals surface area (Å²) in [6.45, 7) is 0. The molecule has 0 fully saturated rings. The molecule has 8 aromatic carbocycles. The molecule has 0 unspecified atom stereocenters. The third-order valence-electron chi connectivity index (χ3n) is 10.7. The van der Waals surface area contributed by atoms with Crippen LogP contribution in [0.15, 0.2) is 199 Å². The maximum atomic E-state index is 6.24. The van der Waals surface area contributed by atoms with Gasteiger partial charge in [-0.15, -0.1) is 0 Å². The number of hydrogen-bond donors (Lipinski definition) is 0. The second-order valence-corrected chi connectivity index (χ2v) is 14.0. The molecule has 3 heterocycles. The highest BCUT2D eigenvalue weighted by atomic mass is 16.3. The number of rotatable bonds is 6. The van der Waals surface area contributed by atoms with Crippen molar-refractivity contribution in [2.45, 2.75) is 0 Å². The highest BCUT2D eigenvalue weighted by Crippen LogP contribution is 2.39. The van der Waals surface area contributed by atoms with Gasteiger partial charge < -0.3 is 8.98 Å². The molecule has 0 aliphatic heterocycles. The molecule has 0 radical (unpaired) electrons. The van der Waals surface area contributed by atoms with Crippen LogP contribution in [0.1, 0.15) is 0 Å². The number of para-hydroxylation sites is 2. The number of benzene rings is 8. The minimum absolute atomic E-state index is 0.641. The summed E-state index contributed by atoms with van der Waals surface area (Å²) in [5, 5.41) is 4.68. The first kappa shape index (κ1) is 31.9. The van der Waals surface area contributed by atoms with E-state index in [1.54, 1.807) is 0 Å². The number of fused-ring (bicyclic) bond motifs is 6. The summed E-state index contributed by atoms with van der Waals surface area (Å²) in [6.07, 6.45) is 0. The Labute approximate surface area is 322 Å². The monoisotopic (exact) mass is 716 g/mol. The van der Waals surface area contributed by atoms with Gasteiger partial charge in [0.15, 0.2) is 17.5 Å². The molecule has 262 valence electrons. The molecule has 11 rings (SSSR count). The molecule has 0 aliphatic rings. The summed E-state index contributed by atoms with van der Waals surface area (Å²) in [5.74, 6) is 1.94. The van der Waals surface area contributed by atoms with E-state index in [0.717, 1.165) is 77.6 Å². The van der Waals surface area contributed by atoms with Gasteiger partial charge in [-0.05, 0) is 64.7 Å². The Kier molecular flexibility index (Phi) is 7.42. The molecule has 0 aliphatic carbocycles. The van der Waals surface area contributed by atoms with Crippen LogP contribution in [0.4, 0.5) is 0 Å². The van der Waals surface area contributed by atoms with Crippen molar-refractivity contribution in [1.82, 2.24) is 19.5 Å². The van der Waals surface area contributed by atoms with Crippen LogP contribution >= 0.6 is 0 Å². The Morgan fingerprint density at radius 3 is 1.61 bits per heavy atom. The third-order valence-corrected chi connectivity index (χ3v) is 10.7.